The van der Waals surface area contributed by atoms with Crippen LogP contribution in [0.15, 0.2) is 18.2 Å². The first-order valence-electron chi connectivity index (χ1n) is 4.02. The molecule has 76 valence electrons. The van der Waals surface area contributed by atoms with Gasteiger partial charge in [-0.15, -0.1) is 11.6 Å². The predicted octanol–water partition coefficient (Wildman–Crippen LogP) is 4.77. The van der Waals surface area contributed by atoms with Crippen molar-refractivity contribution in [2.75, 3.05) is 5.88 Å². The van der Waals surface area contributed by atoms with E-state index in [2.05, 4.69) is 0 Å². The van der Waals surface area contributed by atoms with Gasteiger partial charge in [-0.25, -0.2) is 4.39 Å². The lowest BCUT2D eigenvalue weighted by Gasteiger charge is -2.00. The molecule has 1 rings (SSSR count). The maximum atomic E-state index is 13.1. The molecule has 0 N–H and O–H groups in total. The van der Waals surface area contributed by atoms with Crippen LogP contribution in [0.25, 0.3) is 6.08 Å². The van der Waals surface area contributed by atoms with Crippen molar-refractivity contribution in [1.82, 2.24) is 0 Å². The van der Waals surface area contributed by atoms with E-state index in [1.54, 1.807) is 12.1 Å². The molecule has 0 amide bonds. The molecule has 0 unspecified atom stereocenters. The Balaban J connectivity index is 2.96. The molecular formula is C10H8Cl3F. The zero-order chi connectivity index (χ0) is 10.6. The Morgan fingerprint density at radius 1 is 1.29 bits per heavy atom. The van der Waals surface area contributed by atoms with E-state index in [0.29, 0.717) is 22.9 Å². The molecule has 0 aliphatic heterocycles. The van der Waals surface area contributed by atoms with Crippen molar-refractivity contribution in [1.29, 1.82) is 0 Å². The standard InChI is InChI=1S/C10H8Cl3F/c11-4-2-1-3-7-5-8(12)6-9(14)10(7)13/h1,3,5-6H,2,4H2. The molecule has 0 atom stereocenters. The summed E-state index contributed by atoms with van der Waals surface area (Å²) in [6.07, 6.45) is 4.25. The molecule has 0 bridgehead atoms. The minimum absolute atomic E-state index is 0.0835. The van der Waals surface area contributed by atoms with E-state index in [9.17, 15) is 4.39 Å². The highest BCUT2D eigenvalue weighted by Crippen LogP contribution is 2.25. The van der Waals surface area contributed by atoms with Gasteiger partial charge in [0.05, 0.1) is 5.02 Å². The van der Waals surface area contributed by atoms with Gasteiger partial charge in [-0.2, -0.15) is 0 Å². The molecule has 0 aliphatic rings. The van der Waals surface area contributed by atoms with Crippen molar-refractivity contribution in [2.24, 2.45) is 0 Å². The van der Waals surface area contributed by atoms with Gasteiger partial charge in [0.1, 0.15) is 5.82 Å². The number of hydrogen-bond donors (Lipinski definition) is 0. The summed E-state index contributed by atoms with van der Waals surface area (Å²) in [4.78, 5) is 0. The van der Waals surface area contributed by atoms with E-state index in [1.807, 2.05) is 6.08 Å². The molecule has 1 aromatic carbocycles. The van der Waals surface area contributed by atoms with Crippen LogP contribution >= 0.6 is 34.8 Å². The first-order chi connectivity index (χ1) is 6.65. The molecule has 0 nitrogen and oxygen atoms in total. The van der Waals surface area contributed by atoms with Crippen LogP contribution in [-0.2, 0) is 0 Å². The molecule has 0 heterocycles. The summed E-state index contributed by atoms with van der Waals surface area (Å²) >= 11 is 16.9. The lowest BCUT2D eigenvalue weighted by atomic mass is 10.2. The van der Waals surface area contributed by atoms with Crippen molar-refractivity contribution >= 4 is 40.9 Å². The topological polar surface area (TPSA) is 0 Å². The van der Waals surface area contributed by atoms with Crippen LogP contribution in [0.5, 0.6) is 0 Å². The summed E-state index contributed by atoms with van der Waals surface area (Å²) in [6, 6.07) is 2.79. The van der Waals surface area contributed by atoms with Crippen LogP contribution in [0.4, 0.5) is 4.39 Å². The summed E-state index contributed by atoms with van der Waals surface area (Å²) in [5, 5.41) is 0.414. The summed E-state index contributed by atoms with van der Waals surface area (Å²) in [6.45, 7) is 0. The quantitative estimate of drug-likeness (QED) is 0.537. The number of benzene rings is 1. The largest absolute Gasteiger partial charge is 0.205 e. The highest BCUT2D eigenvalue weighted by atomic mass is 35.5. The zero-order valence-electron chi connectivity index (χ0n) is 7.24. The fraction of sp³-hybridized carbons (Fsp3) is 0.200. The Labute approximate surface area is 97.3 Å². The second-order valence-corrected chi connectivity index (χ2v) is 3.86. The third kappa shape index (κ3) is 3.16. The van der Waals surface area contributed by atoms with Gasteiger partial charge >= 0.3 is 0 Å². The minimum atomic E-state index is -0.510. The average molecular weight is 254 g/mol. The van der Waals surface area contributed by atoms with Crippen LogP contribution in [0.3, 0.4) is 0 Å². The fourth-order valence-corrected chi connectivity index (χ4v) is 1.48. The first kappa shape index (κ1) is 11.8. The van der Waals surface area contributed by atoms with Crippen molar-refractivity contribution in [3.05, 3.63) is 39.6 Å². The van der Waals surface area contributed by atoms with Crippen molar-refractivity contribution in [2.45, 2.75) is 6.42 Å². The van der Waals surface area contributed by atoms with E-state index in [4.69, 9.17) is 34.8 Å². The molecule has 0 spiro atoms. The van der Waals surface area contributed by atoms with Crippen molar-refractivity contribution in [3.8, 4) is 0 Å². The van der Waals surface area contributed by atoms with Crippen molar-refractivity contribution in [3.63, 3.8) is 0 Å². The molecule has 0 aromatic heterocycles. The fourth-order valence-electron chi connectivity index (χ4n) is 0.970. The molecule has 0 fully saturated rings. The van der Waals surface area contributed by atoms with Crippen molar-refractivity contribution < 1.29 is 4.39 Å². The predicted molar refractivity (Wildman–Crippen MR) is 60.8 cm³/mol. The minimum Gasteiger partial charge on any atom is -0.205 e. The second-order valence-electron chi connectivity index (χ2n) is 2.67. The summed E-state index contributed by atoms with van der Waals surface area (Å²) < 4.78 is 13.1. The number of halogens is 4. The molecule has 1 aromatic rings. The van der Waals surface area contributed by atoms with Gasteiger partial charge in [0, 0.05) is 10.9 Å². The number of rotatable bonds is 3. The highest BCUT2D eigenvalue weighted by Gasteiger charge is 2.05. The molecule has 14 heavy (non-hydrogen) atoms. The summed E-state index contributed by atoms with van der Waals surface area (Å²) in [7, 11) is 0. The number of allylic oxidation sites excluding steroid dienone is 1. The zero-order valence-corrected chi connectivity index (χ0v) is 9.50. The average Bonchev–Trinajstić information content (AvgIpc) is 2.13. The third-order valence-electron chi connectivity index (χ3n) is 1.59. The van der Waals surface area contributed by atoms with Crippen LogP contribution in [0.2, 0.25) is 10.0 Å². The normalized spacial score (nSPS) is 11.1. The SMILES string of the molecule is Fc1cc(Cl)cc(C=CCCCl)c1Cl. The monoisotopic (exact) mass is 252 g/mol. The van der Waals surface area contributed by atoms with Gasteiger partial charge in [-0.05, 0) is 24.1 Å². The van der Waals surface area contributed by atoms with Crippen LogP contribution < -0.4 is 0 Å². The molecule has 0 saturated carbocycles. The second kappa shape index (κ2) is 5.59. The Kier molecular flexibility index (Phi) is 4.73. The summed E-state index contributed by atoms with van der Waals surface area (Å²) in [5.74, 6) is 0.0154. The van der Waals surface area contributed by atoms with Gasteiger partial charge < -0.3 is 0 Å². The Morgan fingerprint density at radius 2 is 2.00 bits per heavy atom. The maximum absolute atomic E-state index is 13.1. The molecular weight excluding hydrogens is 245 g/mol. The van der Waals surface area contributed by atoms with Gasteiger partial charge in [-0.3, -0.25) is 0 Å². The van der Waals surface area contributed by atoms with E-state index in [0.717, 1.165) is 0 Å². The Morgan fingerprint density at radius 3 is 2.64 bits per heavy atom. The van der Waals surface area contributed by atoms with Crippen LogP contribution in [0.1, 0.15) is 12.0 Å². The highest BCUT2D eigenvalue weighted by molar-refractivity contribution is 6.34. The molecule has 4 heteroatoms. The molecule has 0 radical (unpaired) electrons. The van der Waals surface area contributed by atoms with E-state index < -0.39 is 5.82 Å². The lowest BCUT2D eigenvalue weighted by Crippen LogP contribution is -1.82. The Bertz CT molecular complexity index is 347. The van der Waals surface area contributed by atoms with E-state index >= 15 is 0 Å². The number of alkyl halides is 1. The number of hydrogen-bond acceptors (Lipinski definition) is 0. The maximum Gasteiger partial charge on any atom is 0.143 e. The van der Waals surface area contributed by atoms with Gasteiger partial charge in [0.2, 0.25) is 0 Å². The Hall–Kier alpha value is -0.240. The molecule has 0 saturated heterocycles. The lowest BCUT2D eigenvalue weighted by molar-refractivity contribution is 0.628. The first-order valence-corrected chi connectivity index (χ1v) is 5.31. The third-order valence-corrected chi connectivity index (χ3v) is 2.43. The van der Waals surface area contributed by atoms with Crippen LogP contribution in [0, 0.1) is 5.82 Å². The van der Waals surface area contributed by atoms with Crippen LogP contribution in [-0.4, -0.2) is 5.88 Å². The summed E-state index contributed by atoms with van der Waals surface area (Å²) in [5.41, 5.74) is 0.571. The molecule has 0 aliphatic carbocycles. The van der Waals surface area contributed by atoms with Gasteiger partial charge in [-0.1, -0.05) is 35.4 Å². The van der Waals surface area contributed by atoms with E-state index in [-0.39, 0.29) is 5.02 Å². The smallest absolute Gasteiger partial charge is 0.143 e. The van der Waals surface area contributed by atoms with Gasteiger partial charge in [0.15, 0.2) is 0 Å². The van der Waals surface area contributed by atoms with E-state index in [1.165, 1.54) is 6.07 Å². The van der Waals surface area contributed by atoms with Gasteiger partial charge in [0.25, 0.3) is 0 Å².